The minimum Gasteiger partial charge on any atom is -0.480 e. The molecule has 0 radical (unpaired) electrons. The third-order valence-electron chi connectivity index (χ3n) is 2.40. The van der Waals surface area contributed by atoms with Crippen molar-refractivity contribution in [2.24, 2.45) is 0 Å². The van der Waals surface area contributed by atoms with E-state index < -0.39 is 11.5 Å². The Hall–Kier alpha value is -0.660. The van der Waals surface area contributed by atoms with Gasteiger partial charge < -0.3 is 5.11 Å². The van der Waals surface area contributed by atoms with Crippen LogP contribution in [0.2, 0.25) is 0 Å². The van der Waals surface area contributed by atoms with Gasteiger partial charge in [-0.25, -0.2) is 0 Å². The van der Waals surface area contributed by atoms with Gasteiger partial charge in [-0.1, -0.05) is 23.1 Å². The Morgan fingerprint density at radius 3 is 3.06 bits per heavy atom. The minimum atomic E-state index is -0.877. The van der Waals surface area contributed by atoms with Crippen molar-refractivity contribution in [3.05, 3.63) is 5.51 Å². The fourth-order valence-electron chi connectivity index (χ4n) is 1.28. The maximum atomic E-state index is 11.2. The van der Waals surface area contributed by atoms with Crippen molar-refractivity contribution < 1.29 is 9.90 Å². The molecule has 1 fully saturated rings. The zero-order valence-electron chi connectivity index (χ0n) is 8.84. The average Bonchev–Trinajstić information content (AvgIpc) is 2.89. The summed E-state index contributed by atoms with van der Waals surface area (Å²) in [5.74, 6) is -0.343. The highest BCUT2D eigenvalue weighted by Gasteiger charge is 2.38. The van der Waals surface area contributed by atoms with Gasteiger partial charge in [-0.3, -0.25) is 10.1 Å². The topological polar surface area (TPSA) is 75.1 Å². The zero-order chi connectivity index (χ0) is 11.6. The number of nitrogens with zero attached hydrogens (tertiary/aromatic N) is 2. The lowest BCUT2D eigenvalue weighted by molar-refractivity contribution is -0.143. The van der Waals surface area contributed by atoms with E-state index in [2.05, 4.69) is 15.5 Å². The van der Waals surface area contributed by atoms with Crippen LogP contribution in [0.25, 0.3) is 0 Å². The minimum absolute atomic E-state index is 0.371. The van der Waals surface area contributed by atoms with Crippen molar-refractivity contribution in [2.75, 3.05) is 5.75 Å². The summed E-state index contributed by atoms with van der Waals surface area (Å²) in [5.41, 5.74) is 0.770. The van der Waals surface area contributed by atoms with E-state index in [1.54, 1.807) is 12.4 Å². The number of hydrogen-bond acceptors (Lipinski definition) is 6. The van der Waals surface area contributed by atoms with Crippen LogP contribution in [0.3, 0.4) is 0 Å². The molecule has 1 saturated carbocycles. The number of nitrogens with one attached hydrogen (secondary N) is 1. The fraction of sp³-hybridized carbons (Fsp3) is 0.667. The van der Waals surface area contributed by atoms with Gasteiger partial charge in [0.15, 0.2) is 4.34 Å². The molecule has 5 nitrogen and oxygen atoms in total. The SMILES string of the molecule is CC(CSc1nncs1)(NC1CC1)C(=O)O. The van der Waals surface area contributed by atoms with Gasteiger partial charge >= 0.3 is 5.97 Å². The molecule has 1 aliphatic rings. The van der Waals surface area contributed by atoms with Crippen molar-refractivity contribution in [3.8, 4) is 0 Å². The van der Waals surface area contributed by atoms with Crippen LogP contribution in [0.15, 0.2) is 9.85 Å². The second-order valence-electron chi connectivity index (χ2n) is 4.05. The highest BCUT2D eigenvalue weighted by atomic mass is 32.2. The lowest BCUT2D eigenvalue weighted by Crippen LogP contribution is -2.52. The first kappa shape index (κ1) is 11.8. The van der Waals surface area contributed by atoms with Gasteiger partial charge in [-0.15, -0.1) is 10.2 Å². The van der Waals surface area contributed by atoms with E-state index in [0.717, 1.165) is 17.2 Å². The summed E-state index contributed by atoms with van der Waals surface area (Å²) in [6.07, 6.45) is 2.15. The second kappa shape index (κ2) is 4.68. The molecule has 2 N–H and O–H groups in total. The monoisotopic (exact) mass is 259 g/mol. The summed E-state index contributed by atoms with van der Waals surface area (Å²) < 4.78 is 0.810. The molecule has 88 valence electrons. The first-order valence-electron chi connectivity index (χ1n) is 5.00. The maximum absolute atomic E-state index is 11.2. The van der Waals surface area contributed by atoms with E-state index in [-0.39, 0.29) is 0 Å². The molecule has 2 rings (SSSR count). The molecule has 1 aromatic heterocycles. The molecule has 0 bridgehead atoms. The standard InChI is InChI=1S/C9H13N3O2S2/c1-9(7(13)14,11-6-2-3-6)4-15-8-12-10-5-16-8/h5-6,11H,2-4H2,1H3,(H,13,14). The van der Waals surface area contributed by atoms with Crippen molar-refractivity contribution in [1.82, 2.24) is 15.5 Å². The van der Waals surface area contributed by atoms with Crippen LogP contribution >= 0.6 is 23.1 Å². The van der Waals surface area contributed by atoms with E-state index in [9.17, 15) is 9.90 Å². The normalized spacial score (nSPS) is 19.3. The molecule has 1 aromatic rings. The van der Waals surface area contributed by atoms with Crippen molar-refractivity contribution in [3.63, 3.8) is 0 Å². The number of hydrogen-bond donors (Lipinski definition) is 2. The molecule has 0 saturated heterocycles. The predicted octanol–water partition coefficient (Wildman–Crippen LogP) is 1.23. The van der Waals surface area contributed by atoms with Gasteiger partial charge in [0.25, 0.3) is 0 Å². The molecule has 1 atom stereocenters. The molecule has 7 heteroatoms. The maximum Gasteiger partial charge on any atom is 0.324 e. The van der Waals surface area contributed by atoms with Gasteiger partial charge in [0, 0.05) is 11.8 Å². The summed E-state index contributed by atoms with van der Waals surface area (Å²) in [6, 6.07) is 0.371. The van der Waals surface area contributed by atoms with Gasteiger partial charge in [0.2, 0.25) is 0 Å². The fourth-order valence-corrected chi connectivity index (χ4v) is 2.86. The number of aromatic nitrogens is 2. The van der Waals surface area contributed by atoms with E-state index in [0.29, 0.717) is 11.8 Å². The average molecular weight is 259 g/mol. The van der Waals surface area contributed by atoms with E-state index in [1.165, 1.54) is 23.1 Å². The number of carboxylic acid groups (broad SMARTS) is 1. The Morgan fingerprint density at radius 2 is 2.56 bits per heavy atom. The quantitative estimate of drug-likeness (QED) is 0.748. The van der Waals surface area contributed by atoms with Crippen LogP contribution in [0.4, 0.5) is 0 Å². The van der Waals surface area contributed by atoms with Crippen molar-refractivity contribution in [2.45, 2.75) is 35.7 Å². The smallest absolute Gasteiger partial charge is 0.324 e. The molecule has 16 heavy (non-hydrogen) atoms. The summed E-state index contributed by atoms with van der Waals surface area (Å²) >= 11 is 2.86. The van der Waals surface area contributed by atoms with Gasteiger partial charge in [0.05, 0.1) is 0 Å². The number of carboxylic acids is 1. The third-order valence-corrected chi connectivity index (χ3v) is 4.57. The molecule has 1 unspecified atom stereocenters. The van der Waals surface area contributed by atoms with Crippen LogP contribution in [-0.4, -0.2) is 38.6 Å². The number of carbonyl (C=O) groups is 1. The highest BCUT2D eigenvalue weighted by molar-refractivity contribution is 8.01. The first-order chi connectivity index (χ1) is 7.60. The van der Waals surface area contributed by atoms with E-state index in [1.807, 2.05) is 0 Å². The Bertz CT molecular complexity index is 367. The molecule has 0 aromatic carbocycles. The van der Waals surface area contributed by atoms with E-state index >= 15 is 0 Å². The summed E-state index contributed by atoms with van der Waals surface area (Å²) in [4.78, 5) is 11.2. The van der Waals surface area contributed by atoms with Crippen LogP contribution in [0, 0.1) is 0 Å². The Balaban J connectivity index is 1.93. The molecular formula is C9H13N3O2S2. The van der Waals surface area contributed by atoms with Crippen LogP contribution in [0.1, 0.15) is 19.8 Å². The van der Waals surface area contributed by atoms with Crippen LogP contribution in [-0.2, 0) is 4.79 Å². The largest absolute Gasteiger partial charge is 0.480 e. The van der Waals surface area contributed by atoms with Crippen molar-refractivity contribution in [1.29, 1.82) is 0 Å². The molecule has 0 spiro atoms. The number of rotatable bonds is 6. The Morgan fingerprint density at radius 1 is 1.81 bits per heavy atom. The van der Waals surface area contributed by atoms with Gasteiger partial charge in [0.1, 0.15) is 11.0 Å². The molecular weight excluding hydrogens is 246 g/mol. The lowest BCUT2D eigenvalue weighted by atomic mass is 10.1. The Labute approximate surface area is 102 Å². The van der Waals surface area contributed by atoms with E-state index in [4.69, 9.17) is 0 Å². The lowest BCUT2D eigenvalue weighted by Gasteiger charge is -2.25. The van der Waals surface area contributed by atoms with Crippen molar-refractivity contribution >= 4 is 29.1 Å². The van der Waals surface area contributed by atoms with Crippen LogP contribution < -0.4 is 5.32 Å². The van der Waals surface area contributed by atoms with Gasteiger partial charge in [-0.05, 0) is 19.8 Å². The molecule has 0 amide bonds. The predicted molar refractivity (Wildman–Crippen MR) is 62.8 cm³/mol. The molecule has 1 heterocycles. The highest BCUT2D eigenvalue weighted by Crippen LogP contribution is 2.28. The third kappa shape index (κ3) is 2.93. The van der Waals surface area contributed by atoms with Crippen LogP contribution in [0.5, 0.6) is 0 Å². The summed E-state index contributed by atoms with van der Waals surface area (Å²) in [6.45, 7) is 1.72. The second-order valence-corrected chi connectivity index (χ2v) is 6.10. The Kier molecular flexibility index (Phi) is 3.46. The van der Waals surface area contributed by atoms with Gasteiger partial charge in [-0.2, -0.15) is 0 Å². The summed E-state index contributed by atoms with van der Waals surface area (Å²) in [5, 5.41) is 20.0. The zero-order valence-corrected chi connectivity index (χ0v) is 10.5. The number of thioether (sulfide) groups is 1. The summed E-state index contributed by atoms with van der Waals surface area (Å²) in [7, 11) is 0. The molecule has 1 aliphatic carbocycles. The molecule has 0 aliphatic heterocycles. The first-order valence-corrected chi connectivity index (χ1v) is 6.87. The number of aliphatic carboxylic acids is 1.